The standard InChI is InChI=1S/C25H50/c1-11-14-24(15-19(6)12-2)16-20(7)21(8)17-25(13-3)23(10)22(9)18(4)5/h13,18-25H,3,11-12,14-17H2,1-2,4-10H3. The predicted octanol–water partition coefficient (Wildman–Crippen LogP) is 8.62. The van der Waals surface area contributed by atoms with Gasteiger partial charge in [-0.05, 0) is 66.6 Å². The molecule has 0 rings (SSSR count). The van der Waals surface area contributed by atoms with Crippen molar-refractivity contribution in [2.24, 2.45) is 47.3 Å². The van der Waals surface area contributed by atoms with Crippen molar-refractivity contribution in [2.45, 2.75) is 101 Å². The Kier molecular flexibility index (Phi) is 12.9. The minimum Gasteiger partial charge on any atom is -0.103 e. The summed E-state index contributed by atoms with van der Waals surface area (Å²) in [7, 11) is 0. The van der Waals surface area contributed by atoms with E-state index in [1.54, 1.807) is 0 Å². The van der Waals surface area contributed by atoms with Gasteiger partial charge in [0.25, 0.3) is 0 Å². The highest BCUT2D eigenvalue weighted by Gasteiger charge is 2.26. The van der Waals surface area contributed by atoms with E-state index in [-0.39, 0.29) is 0 Å². The van der Waals surface area contributed by atoms with E-state index in [0.29, 0.717) is 5.92 Å². The second-order valence-corrected chi connectivity index (χ2v) is 9.69. The minimum atomic E-state index is 0.661. The lowest BCUT2D eigenvalue weighted by molar-refractivity contribution is 0.185. The average Bonchev–Trinajstić information content (AvgIpc) is 2.57. The highest BCUT2D eigenvalue weighted by molar-refractivity contribution is 4.87. The fourth-order valence-corrected chi connectivity index (χ4v) is 4.42. The maximum absolute atomic E-state index is 4.18. The van der Waals surface area contributed by atoms with E-state index in [4.69, 9.17) is 0 Å². The molecule has 0 saturated heterocycles. The molecular formula is C25H50. The lowest BCUT2D eigenvalue weighted by Crippen LogP contribution is -2.25. The molecular weight excluding hydrogens is 300 g/mol. The molecule has 0 heterocycles. The highest BCUT2D eigenvalue weighted by atomic mass is 14.3. The van der Waals surface area contributed by atoms with E-state index in [2.05, 4.69) is 75.0 Å². The summed E-state index contributed by atoms with van der Waals surface area (Å²) in [6, 6.07) is 0. The maximum Gasteiger partial charge on any atom is -0.0205 e. The number of allylic oxidation sites excluding steroid dienone is 1. The Morgan fingerprint density at radius 1 is 0.760 bits per heavy atom. The Morgan fingerprint density at radius 2 is 1.32 bits per heavy atom. The van der Waals surface area contributed by atoms with Crippen LogP contribution in [0.5, 0.6) is 0 Å². The zero-order chi connectivity index (χ0) is 19.6. The molecule has 7 atom stereocenters. The van der Waals surface area contributed by atoms with Crippen molar-refractivity contribution >= 4 is 0 Å². The molecule has 0 spiro atoms. The lowest BCUT2D eigenvalue weighted by atomic mass is 9.72. The fraction of sp³-hybridized carbons (Fsp3) is 0.920. The van der Waals surface area contributed by atoms with Gasteiger partial charge < -0.3 is 0 Å². The molecule has 0 saturated carbocycles. The van der Waals surface area contributed by atoms with Crippen LogP contribution < -0.4 is 0 Å². The van der Waals surface area contributed by atoms with Crippen LogP contribution in [0.25, 0.3) is 0 Å². The Balaban J connectivity index is 4.72. The zero-order valence-electron chi connectivity index (χ0n) is 19.1. The monoisotopic (exact) mass is 350 g/mol. The molecule has 0 bridgehead atoms. The third kappa shape index (κ3) is 9.30. The van der Waals surface area contributed by atoms with Crippen molar-refractivity contribution in [3.63, 3.8) is 0 Å². The van der Waals surface area contributed by atoms with Crippen molar-refractivity contribution in [3.8, 4) is 0 Å². The van der Waals surface area contributed by atoms with Crippen LogP contribution in [0.15, 0.2) is 12.7 Å². The molecule has 0 aliphatic heterocycles. The molecule has 0 aromatic heterocycles. The van der Waals surface area contributed by atoms with Gasteiger partial charge in [-0.25, -0.2) is 0 Å². The van der Waals surface area contributed by atoms with Gasteiger partial charge in [0.1, 0.15) is 0 Å². The second kappa shape index (κ2) is 13.0. The number of rotatable bonds is 14. The van der Waals surface area contributed by atoms with Gasteiger partial charge in [0, 0.05) is 0 Å². The van der Waals surface area contributed by atoms with Gasteiger partial charge in [0.15, 0.2) is 0 Å². The molecule has 0 amide bonds. The molecule has 0 radical (unpaired) electrons. The molecule has 0 aromatic rings. The summed E-state index contributed by atoms with van der Waals surface area (Å²) in [6.45, 7) is 25.9. The molecule has 0 nitrogen and oxygen atoms in total. The molecule has 0 aliphatic carbocycles. The summed E-state index contributed by atoms with van der Waals surface area (Å²) >= 11 is 0. The lowest BCUT2D eigenvalue weighted by Gasteiger charge is -2.33. The summed E-state index contributed by atoms with van der Waals surface area (Å²) in [5.74, 6) is 6.34. The molecule has 0 fully saturated rings. The van der Waals surface area contributed by atoms with Crippen molar-refractivity contribution in [3.05, 3.63) is 12.7 Å². The van der Waals surface area contributed by atoms with Crippen molar-refractivity contribution in [2.75, 3.05) is 0 Å². The third-order valence-electron chi connectivity index (χ3n) is 7.31. The zero-order valence-corrected chi connectivity index (χ0v) is 19.1. The third-order valence-corrected chi connectivity index (χ3v) is 7.31. The van der Waals surface area contributed by atoms with Gasteiger partial charge in [-0.2, -0.15) is 0 Å². The van der Waals surface area contributed by atoms with Crippen LogP contribution in [-0.2, 0) is 0 Å². The van der Waals surface area contributed by atoms with Gasteiger partial charge in [0.05, 0.1) is 0 Å². The maximum atomic E-state index is 4.18. The summed E-state index contributed by atoms with van der Waals surface area (Å²) in [4.78, 5) is 0. The van der Waals surface area contributed by atoms with E-state index < -0.39 is 0 Å². The Labute approximate surface area is 161 Å². The second-order valence-electron chi connectivity index (χ2n) is 9.69. The molecule has 150 valence electrons. The van der Waals surface area contributed by atoms with Crippen LogP contribution in [0.3, 0.4) is 0 Å². The molecule has 0 aromatic carbocycles. The molecule has 7 unspecified atom stereocenters. The van der Waals surface area contributed by atoms with Crippen LogP contribution in [0, 0.1) is 47.3 Å². The topological polar surface area (TPSA) is 0 Å². The normalized spacial score (nSPS) is 20.6. The first-order valence-electron chi connectivity index (χ1n) is 11.3. The van der Waals surface area contributed by atoms with E-state index >= 15 is 0 Å². The van der Waals surface area contributed by atoms with E-state index in [9.17, 15) is 0 Å². The van der Waals surface area contributed by atoms with Crippen LogP contribution >= 0.6 is 0 Å². The number of hydrogen-bond donors (Lipinski definition) is 0. The van der Waals surface area contributed by atoms with Gasteiger partial charge >= 0.3 is 0 Å². The fourth-order valence-electron chi connectivity index (χ4n) is 4.42. The van der Waals surface area contributed by atoms with Crippen LogP contribution in [0.1, 0.15) is 101 Å². The molecule has 0 aliphatic rings. The van der Waals surface area contributed by atoms with Crippen molar-refractivity contribution in [1.29, 1.82) is 0 Å². The molecule has 25 heavy (non-hydrogen) atoms. The van der Waals surface area contributed by atoms with E-state index in [1.807, 2.05) is 0 Å². The predicted molar refractivity (Wildman–Crippen MR) is 117 cm³/mol. The summed E-state index contributed by atoms with van der Waals surface area (Å²) < 4.78 is 0. The Morgan fingerprint density at radius 3 is 1.76 bits per heavy atom. The number of hydrogen-bond acceptors (Lipinski definition) is 0. The summed E-state index contributed by atoms with van der Waals surface area (Å²) in [5.41, 5.74) is 0. The first-order chi connectivity index (χ1) is 11.7. The van der Waals surface area contributed by atoms with Gasteiger partial charge in [0.2, 0.25) is 0 Å². The molecule has 0 N–H and O–H groups in total. The Bertz CT molecular complexity index is 329. The van der Waals surface area contributed by atoms with Crippen LogP contribution in [0.4, 0.5) is 0 Å². The summed E-state index contributed by atoms with van der Waals surface area (Å²) in [5, 5.41) is 0. The van der Waals surface area contributed by atoms with Gasteiger partial charge in [-0.1, -0.05) is 87.7 Å². The van der Waals surface area contributed by atoms with Crippen LogP contribution in [0.2, 0.25) is 0 Å². The Hall–Kier alpha value is -0.260. The van der Waals surface area contributed by atoms with Crippen LogP contribution in [-0.4, -0.2) is 0 Å². The first-order valence-corrected chi connectivity index (χ1v) is 11.3. The smallest absolute Gasteiger partial charge is 0.0205 e. The minimum absolute atomic E-state index is 0.661. The highest BCUT2D eigenvalue weighted by Crippen LogP contribution is 2.36. The van der Waals surface area contributed by atoms with E-state index in [0.717, 1.165) is 41.4 Å². The quantitative estimate of drug-likeness (QED) is 0.275. The van der Waals surface area contributed by atoms with Crippen molar-refractivity contribution < 1.29 is 0 Å². The van der Waals surface area contributed by atoms with Crippen molar-refractivity contribution in [1.82, 2.24) is 0 Å². The van der Waals surface area contributed by atoms with Gasteiger partial charge in [-0.15, -0.1) is 6.58 Å². The molecule has 0 heteroatoms. The van der Waals surface area contributed by atoms with E-state index in [1.165, 1.54) is 38.5 Å². The SMILES string of the molecule is C=CC(CC(C)C(C)CC(CCC)CC(C)CC)C(C)C(C)C(C)C. The largest absolute Gasteiger partial charge is 0.103 e. The summed E-state index contributed by atoms with van der Waals surface area (Å²) in [6.07, 6.45) is 10.5. The van der Waals surface area contributed by atoms with Gasteiger partial charge in [-0.3, -0.25) is 0 Å². The average molecular weight is 351 g/mol. The first kappa shape index (κ1) is 24.7.